The Labute approximate surface area is 112 Å². The van der Waals surface area contributed by atoms with Crippen molar-refractivity contribution < 1.29 is 14.6 Å². The van der Waals surface area contributed by atoms with Crippen LogP contribution in [0.15, 0.2) is 36.4 Å². The molecule has 0 spiro atoms. The van der Waals surface area contributed by atoms with E-state index in [4.69, 9.17) is 20.3 Å². The Bertz CT molecular complexity index is 582. The molecule has 0 fully saturated rings. The zero-order valence-electron chi connectivity index (χ0n) is 11.0. The lowest BCUT2D eigenvalue weighted by atomic mass is 10.2. The average Bonchev–Trinajstić information content (AvgIpc) is 2.44. The Morgan fingerprint density at radius 3 is 2.58 bits per heavy atom. The number of ether oxygens (including phenoxy) is 2. The van der Waals surface area contributed by atoms with Gasteiger partial charge in [-0.3, -0.25) is 0 Å². The number of nitrogens with two attached hydrogens (primary N) is 1. The number of methoxy groups -OCH3 is 1. The van der Waals surface area contributed by atoms with Crippen LogP contribution in [0.1, 0.15) is 11.1 Å². The Hall–Kier alpha value is -2.20. The maximum atomic E-state index is 9.10. The number of benzene rings is 2. The fourth-order valence-electron chi connectivity index (χ4n) is 1.76. The zero-order valence-corrected chi connectivity index (χ0v) is 11.0. The summed E-state index contributed by atoms with van der Waals surface area (Å²) in [6, 6.07) is 10.9. The second kappa shape index (κ2) is 5.63. The van der Waals surface area contributed by atoms with Crippen molar-refractivity contribution in [2.75, 3.05) is 12.8 Å². The van der Waals surface area contributed by atoms with Crippen LogP contribution in [0.2, 0.25) is 0 Å². The molecule has 0 atom stereocenters. The van der Waals surface area contributed by atoms with E-state index in [1.165, 1.54) is 0 Å². The molecule has 0 saturated heterocycles. The van der Waals surface area contributed by atoms with E-state index in [-0.39, 0.29) is 6.61 Å². The summed E-state index contributed by atoms with van der Waals surface area (Å²) in [6.07, 6.45) is 0. The number of rotatable bonds is 4. The van der Waals surface area contributed by atoms with Crippen LogP contribution in [0, 0.1) is 6.92 Å². The predicted octanol–water partition coefficient (Wildman–Crippen LogP) is 2.87. The minimum absolute atomic E-state index is 0.0385. The molecule has 4 nitrogen and oxygen atoms in total. The van der Waals surface area contributed by atoms with Crippen molar-refractivity contribution in [1.29, 1.82) is 0 Å². The van der Waals surface area contributed by atoms with Gasteiger partial charge in [0.15, 0.2) is 17.2 Å². The Balaban J connectivity index is 2.35. The molecule has 0 unspecified atom stereocenters. The average molecular weight is 259 g/mol. The minimum atomic E-state index is -0.0385. The second-order valence-corrected chi connectivity index (χ2v) is 4.23. The first-order chi connectivity index (χ1) is 9.15. The third-order valence-corrected chi connectivity index (χ3v) is 2.91. The quantitative estimate of drug-likeness (QED) is 0.829. The van der Waals surface area contributed by atoms with Gasteiger partial charge in [0.05, 0.1) is 19.4 Å². The highest BCUT2D eigenvalue weighted by atomic mass is 16.5. The molecule has 4 heteroatoms. The third kappa shape index (κ3) is 2.80. The number of nitrogen functional groups attached to an aromatic ring is 1. The van der Waals surface area contributed by atoms with E-state index in [0.29, 0.717) is 22.9 Å². The van der Waals surface area contributed by atoms with Gasteiger partial charge in [0, 0.05) is 0 Å². The van der Waals surface area contributed by atoms with E-state index in [1.807, 2.05) is 25.1 Å². The highest BCUT2D eigenvalue weighted by Gasteiger charge is 2.09. The topological polar surface area (TPSA) is 64.7 Å². The number of para-hydroxylation sites is 1. The van der Waals surface area contributed by atoms with Gasteiger partial charge >= 0.3 is 0 Å². The first kappa shape index (κ1) is 13.2. The number of anilines is 1. The summed E-state index contributed by atoms with van der Waals surface area (Å²) in [4.78, 5) is 0. The van der Waals surface area contributed by atoms with Crippen LogP contribution < -0.4 is 15.2 Å². The molecule has 100 valence electrons. The normalized spacial score (nSPS) is 10.3. The lowest BCUT2D eigenvalue weighted by molar-refractivity contribution is 0.280. The van der Waals surface area contributed by atoms with E-state index < -0.39 is 0 Å². The van der Waals surface area contributed by atoms with Crippen LogP contribution >= 0.6 is 0 Å². The first-order valence-electron chi connectivity index (χ1n) is 5.96. The van der Waals surface area contributed by atoms with Gasteiger partial charge in [-0.2, -0.15) is 0 Å². The monoisotopic (exact) mass is 259 g/mol. The van der Waals surface area contributed by atoms with E-state index in [0.717, 1.165) is 11.1 Å². The fraction of sp³-hybridized carbons (Fsp3) is 0.200. The van der Waals surface area contributed by atoms with Crippen LogP contribution in [0.3, 0.4) is 0 Å². The molecule has 0 radical (unpaired) electrons. The Kier molecular flexibility index (Phi) is 3.92. The highest BCUT2D eigenvalue weighted by molar-refractivity contribution is 5.60. The van der Waals surface area contributed by atoms with Crippen molar-refractivity contribution in [1.82, 2.24) is 0 Å². The molecule has 0 heterocycles. The number of aliphatic hydroxyl groups excluding tert-OH is 1. The standard InChI is InChI=1S/C15H17NO3/c1-10-4-3-5-13(15(10)16)19-12-7-6-11(9-17)8-14(12)18-2/h3-8,17H,9,16H2,1-2H3. The molecule has 2 aromatic carbocycles. The van der Waals surface area contributed by atoms with Crippen molar-refractivity contribution in [2.24, 2.45) is 0 Å². The predicted molar refractivity (Wildman–Crippen MR) is 74.6 cm³/mol. The number of aliphatic hydroxyl groups is 1. The van der Waals surface area contributed by atoms with Gasteiger partial charge in [0.2, 0.25) is 0 Å². The molecule has 3 N–H and O–H groups in total. The largest absolute Gasteiger partial charge is 0.493 e. The fourth-order valence-corrected chi connectivity index (χ4v) is 1.76. The van der Waals surface area contributed by atoms with E-state index in [1.54, 1.807) is 25.3 Å². The summed E-state index contributed by atoms with van der Waals surface area (Å²) in [6.45, 7) is 1.89. The summed E-state index contributed by atoms with van der Waals surface area (Å²) in [5, 5.41) is 9.10. The van der Waals surface area contributed by atoms with Crippen LogP contribution in [-0.4, -0.2) is 12.2 Å². The lowest BCUT2D eigenvalue weighted by Gasteiger charge is -2.13. The van der Waals surface area contributed by atoms with Gasteiger partial charge in [-0.05, 0) is 36.2 Å². The number of aryl methyl sites for hydroxylation is 1. The van der Waals surface area contributed by atoms with E-state index in [2.05, 4.69) is 0 Å². The van der Waals surface area contributed by atoms with Gasteiger partial charge in [0.1, 0.15) is 0 Å². The highest BCUT2D eigenvalue weighted by Crippen LogP contribution is 2.35. The summed E-state index contributed by atoms with van der Waals surface area (Å²) < 4.78 is 11.0. The summed E-state index contributed by atoms with van der Waals surface area (Å²) in [7, 11) is 1.56. The van der Waals surface area contributed by atoms with Crippen molar-refractivity contribution in [3.05, 3.63) is 47.5 Å². The van der Waals surface area contributed by atoms with Gasteiger partial charge in [-0.15, -0.1) is 0 Å². The van der Waals surface area contributed by atoms with Crippen molar-refractivity contribution >= 4 is 5.69 Å². The second-order valence-electron chi connectivity index (χ2n) is 4.23. The summed E-state index contributed by atoms with van der Waals surface area (Å²) >= 11 is 0. The van der Waals surface area contributed by atoms with E-state index >= 15 is 0 Å². The lowest BCUT2D eigenvalue weighted by Crippen LogP contribution is -1.97. The molecule has 0 aromatic heterocycles. The molecule has 0 aliphatic rings. The van der Waals surface area contributed by atoms with Gasteiger partial charge in [0.25, 0.3) is 0 Å². The van der Waals surface area contributed by atoms with Gasteiger partial charge in [-0.1, -0.05) is 18.2 Å². The summed E-state index contributed by atoms with van der Waals surface area (Å²) in [5.74, 6) is 1.72. The van der Waals surface area contributed by atoms with Crippen molar-refractivity contribution in [3.8, 4) is 17.2 Å². The zero-order chi connectivity index (χ0) is 13.8. The van der Waals surface area contributed by atoms with Crippen molar-refractivity contribution in [2.45, 2.75) is 13.5 Å². The van der Waals surface area contributed by atoms with Crippen LogP contribution in [0.5, 0.6) is 17.2 Å². The maximum Gasteiger partial charge on any atom is 0.169 e. The smallest absolute Gasteiger partial charge is 0.169 e. The maximum absolute atomic E-state index is 9.10. The van der Waals surface area contributed by atoms with Crippen LogP contribution in [-0.2, 0) is 6.61 Å². The van der Waals surface area contributed by atoms with E-state index in [9.17, 15) is 0 Å². The molecule has 0 aliphatic heterocycles. The Morgan fingerprint density at radius 2 is 1.89 bits per heavy atom. The molecule has 0 aliphatic carbocycles. The van der Waals surface area contributed by atoms with Gasteiger partial charge in [-0.25, -0.2) is 0 Å². The number of hydrogen-bond donors (Lipinski definition) is 2. The molecule has 0 amide bonds. The molecule has 2 aromatic rings. The molecule has 2 rings (SSSR count). The molecular formula is C15H17NO3. The molecule has 19 heavy (non-hydrogen) atoms. The van der Waals surface area contributed by atoms with Crippen molar-refractivity contribution in [3.63, 3.8) is 0 Å². The number of hydrogen-bond acceptors (Lipinski definition) is 4. The molecule has 0 bridgehead atoms. The first-order valence-corrected chi connectivity index (χ1v) is 5.96. The van der Waals surface area contributed by atoms with Crippen LogP contribution in [0.4, 0.5) is 5.69 Å². The molecular weight excluding hydrogens is 242 g/mol. The molecule has 0 saturated carbocycles. The Morgan fingerprint density at radius 1 is 1.11 bits per heavy atom. The summed E-state index contributed by atoms with van der Waals surface area (Å²) in [5.41, 5.74) is 8.31. The van der Waals surface area contributed by atoms with Gasteiger partial charge < -0.3 is 20.3 Å². The third-order valence-electron chi connectivity index (χ3n) is 2.91. The van der Waals surface area contributed by atoms with Crippen LogP contribution in [0.25, 0.3) is 0 Å². The minimum Gasteiger partial charge on any atom is -0.493 e. The SMILES string of the molecule is COc1cc(CO)ccc1Oc1cccc(C)c1N.